The van der Waals surface area contributed by atoms with Crippen LogP contribution in [0.4, 0.5) is 0 Å². The molecule has 0 saturated carbocycles. The van der Waals surface area contributed by atoms with E-state index in [1.807, 2.05) is 25.1 Å². The summed E-state index contributed by atoms with van der Waals surface area (Å²) in [5, 5.41) is 0. The smallest absolute Gasteiger partial charge is 0.213 e. The Morgan fingerprint density at radius 3 is 3.00 bits per heavy atom. The van der Waals surface area contributed by atoms with Crippen molar-refractivity contribution in [2.45, 2.75) is 13.0 Å². The lowest BCUT2D eigenvalue weighted by molar-refractivity contribution is 0.220. The van der Waals surface area contributed by atoms with Crippen molar-refractivity contribution in [3.05, 3.63) is 24.4 Å². The Balaban J connectivity index is 2.51. The van der Waals surface area contributed by atoms with Crippen LogP contribution in [0, 0.1) is 0 Å². The maximum atomic E-state index is 5.37. The van der Waals surface area contributed by atoms with Gasteiger partial charge in [-0.15, -0.1) is 0 Å². The van der Waals surface area contributed by atoms with E-state index in [9.17, 15) is 0 Å². The van der Waals surface area contributed by atoms with Crippen molar-refractivity contribution < 1.29 is 4.74 Å². The first-order valence-corrected chi connectivity index (χ1v) is 3.60. The zero-order valence-electron chi connectivity index (χ0n) is 6.53. The summed E-state index contributed by atoms with van der Waals surface area (Å²) in [6, 6.07) is 5.54. The van der Waals surface area contributed by atoms with Crippen LogP contribution in [0.15, 0.2) is 24.4 Å². The molecule has 1 heterocycles. The molecule has 0 bridgehead atoms. The highest BCUT2D eigenvalue weighted by Crippen LogP contribution is 2.04. The van der Waals surface area contributed by atoms with Gasteiger partial charge in [-0.3, -0.25) is 0 Å². The summed E-state index contributed by atoms with van der Waals surface area (Å²) in [6.45, 7) is 2.42. The van der Waals surface area contributed by atoms with Gasteiger partial charge in [0, 0.05) is 18.8 Å². The van der Waals surface area contributed by atoms with Crippen molar-refractivity contribution >= 4 is 0 Å². The summed E-state index contributed by atoms with van der Waals surface area (Å²) in [7, 11) is 0. The van der Waals surface area contributed by atoms with Crippen LogP contribution in [0.1, 0.15) is 6.92 Å². The molecule has 3 nitrogen and oxygen atoms in total. The van der Waals surface area contributed by atoms with Crippen LogP contribution in [0.3, 0.4) is 0 Å². The Hall–Kier alpha value is -1.09. The first-order chi connectivity index (χ1) is 5.33. The van der Waals surface area contributed by atoms with Gasteiger partial charge in [0.25, 0.3) is 0 Å². The predicted octanol–water partition coefficient (Wildman–Crippen LogP) is 0.808. The van der Waals surface area contributed by atoms with E-state index in [0.29, 0.717) is 12.4 Å². The summed E-state index contributed by atoms with van der Waals surface area (Å²) >= 11 is 0. The molecule has 0 aliphatic heterocycles. The number of ether oxygens (including phenoxy) is 1. The minimum absolute atomic E-state index is 0.0323. The van der Waals surface area contributed by atoms with E-state index in [4.69, 9.17) is 10.5 Å². The minimum Gasteiger partial charge on any atom is -0.473 e. The van der Waals surface area contributed by atoms with E-state index in [-0.39, 0.29) is 6.10 Å². The normalized spacial score (nSPS) is 12.5. The maximum absolute atomic E-state index is 5.37. The molecule has 3 heteroatoms. The van der Waals surface area contributed by atoms with Gasteiger partial charge in [0.2, 0.25) is 5.88 Å². The number of hydrogen-bond donors (Lipinski definition) is 1. The van der Waals surface area contributed by atoms with Gasteiger partial charge in [-0.25, -0.2) is 4.98 Å². The van der Waals surface area contributed by atoms with E-state index < -0.39 is 0 Å². The van der Waals surface area contributed by atoms with Gasteiger partial charge in [0.15, 0.2) is 0 Å². The van der Waals surface area contributed by atoms with Gasteiger partial charge >= 0.3 is 0 Å². The highest BCUT2D eigenvalue weighted by molar-refractivity contribution is 5.09. The Morgan fingerprint density at radius 2 is 2.45 bits per heavy atom. The molecule has 0 spiro atoms. The van der Waals surface area contributed by atoms with Crippen LogP contribution in [0.2, 0.25) is 0 Å². The van der Waals surface area contributed by atoms with Crippen molar-refractivity contribution in [2.75, 3.05) is 6.54 Å². The molecule has 1 aromatic heterocycles. The summed E-state index contributed by atoms with van der Waals surface area (Å²) in [4.78, 5) is 3.99. The number of hydrogen-bond acceptors (Lipinski definition) is 3. The molecule has 0 aliphatic carbocycles. The van der Waals surface area contributed by atoms with Gasteiger partial charge < -0.3 is 10.5 Å². The van der Waals surface area contributed by atoms with Gasteiger partial charge in [-0.05, 0) is 13.0 Å². The van der Waals surface area contributed by atoms with E-state index in [0.717, 1.165) is 0 Å². The van der Waals surface area contributed by atoms with Gasteiger partial charge in [0.05, 0.1) is 0 Å². The molecule has 0 fully saturated rings. The molecular weight excluding hydrogens is 140 g/mol. The predicted molar refractivity (Wildman–Crippen MR) is 43.4 cm³/mol. The summed E-state index contributed by atoms with van der Waals surface area (Å²) in [6.07, 6.45) is 1.73. The van der Waals surface area contributed by atoms with Crippen molar-refractivity contribution in [3.63, 3.8) is 0 Å². The second kappa shape index (κ2) is 3.93. The fourth-order valence-corrected chi connectivity index (χ4v) is 0.671. The molecule has 0 amide bonds. The van der Waals surface area contributed by atoms with Crippen LogP contribution in [0.5, 0.6) is 5.88 Å². The monoisotopic (exact) mass is 152 g/mol. The molecule has 2 N–H and O–H groups in total. The van der Waals surface area contributed by atoms with E-state index in [2.05, 4.69) is 4.98 Å². The van der Waals surface area contributed by atoms with Gasteiger partial charge in [0.1, 0.15) is 6.10 Å². The highest BCUT2D eigenvalue weighted by Gasteiger charge is 1.99. The lowest BCUT2D eigenvalue weighted by atomic mass is 10.4. The third-order valence-electron chi connectivity index (χ3n) is 1.29. The lowest BCUT2D eigenvalue weighted by Crippen LogP contribution is -2.23. The highest BCUT2D eigenvalue weighted by atomic mass is 16.5. The second-order valence-electron chi connectivity index (χ2n) is 2.33. The van der Waals surface area contributed by atoms with Crippen molar-refractivity contribution in [3.8, 4) is 5.88 Å². The van der Waals surface area contributed by atoms with Crippen LogP contribution in [-0.2, 0) is 0 Å². The first kappa shape index (κ1) is 8.01. The summed E-state index contributed by atoms with van der Waals surface area (Å²) < 4.78 is 5.33. The zero-order valence-corrected chi connectivity index (χ0v) is 6.53. The fourth-order valence-electron chi connectivity index (χ4n) is 0.671. The summed E-state index contributed by atoms with van der Waals surface area (Å²) in [5.41, 5.74) is 5.37. The largest absolute Gasteiger partial charge is 0.473 e. The number of aromatic nitrogens is 1. The first-order valence-electron chi connectivity index (χ1n) is 3.60. The van der Waals surface area contributed by atoms with E-state index in [1.54, 1.807) is 6.20 Å². The van der Waals surface area contributed by atoms with Crippen molar-refractivity contribution in [2.24, 2.45) is 5.73 Å². The standard InChI is InChI=1S/C8H12N2O/c1-7(6-9)11-8-4-2-3-5-10-8/h2-5,7H,6,9H2,1H3/t7-/m1/s1. The Morgan fingerprint density at radius 1 is 1.64 bits per heavy atom. The molecule has 0 aromatic carbocycles. The number of rotatable bonds is 3. The van der Waals surface area contributed by atoms with E-state index >= 15 is 0 Å². The topological polar surface area (TPSA) is 48.1 Å². The average molecular weight is 152 g/mol. The molecule has 1 aromatic rings. The molecule has 0 saturated heterocycles. The summed E-state index contributed by atoms with van der Waals surface area (Å²) in [5.74, 6) is 0.630. The van der Waals surface area contributed by atoms with Crippen LogP contribution >= 0.6 is 0 Å². The third-order valence-corrected chi connectivity index (χ3v) is 1.29. The zero-order chi connectivity index (χ0) is 8.10. The molecule has 60 valence electrons. The van der Waals surface area contributed by atoms with Crippen LogP contribution in [0.25, 0.3) is 0 Å². The third kappa shape index (κ3) is 2.55. The number of pyridine rings is 1. The molecular formula is C8H12N2O. The van der Waals surface area contributed by atoms with Gasteiger partial charge in [-0.2, -0.15) is 0 Å². The number of nitrogens with zero attached hydrogens (tertiary/aromatic N) is 1. The SMILES string of the molecule is C[C@H](CN)Oc1ccccn1. The van der Waals surface area contributed by atoms with Gasteiger partial charge in [-0.1, -0.05) is 6.07 Å². The van der Waals surface area contributed by atoms with Crippen molar-refractivity contribution in [1.29, 1.82) is 0 Å². The Bertz CT molecular complexity index is 201. The van der Waals surface area contributed by atoms with Crippen molar-refractivity contribution in [1.82, 2.24) is 4.98 Å². The maximum Gasteiger partial charge on any atom is 0.213 e. The molecule has 11 heavy (non-hydrogen) atoms. The van der Waals surface area contributed by atoms with E-state index in [1.165, 1.54) is 0 Å². The quantitative estimate of drug-likeness (QED) is 0.697. The number of nitrogens with two attached hydrogens (primary N) is 1. The molecule has 1 atom stereocenters. The molecule has 0 aliphatic rings. The molecule has 0 unspecified atom stereocenters. The Kier molecular flexibility index (Phi) is 2.86. The molecule has 1 rings (SSSR count). The minimum atomic E-state index is 0.0323. The second-order valence-corrected chi connectivity index (χ2v) is 2.33. The van der Waals surface area contributed by atoms with Crippen LogP contribution < -0.4 is 10.5 Å². The molecule has 0 radical (unpaired) electrons. The van der Waals surface area contributed by atoms with Crippen LogP contribution in [-0.4, -0.2) is 17.6 Å². The fraction of sp³-hybridized carbons (Fsp3) is 0.375. The Labute approximate surface area is 66.2 Å². The lowest BCUT2D eigenvalue weighted by Gasteiger charge is -2.10. The average Bonchev–Trinajstić information content (AvgIpc) is 2.06.